The largest absolute Gasteiger partial charge is 0.0654 e. The van der Waals surface area contributed by atoms with Crippen LogP contribution in [0.4, 0.5) is 0 Å². The fourth-order valence-corrected chi connectivity index (χ4v) is 0.832. The van der Waals surface area contributed by atoms with E-state index in [4.69, 9.17) is 0 Å². The summed E-state index contributed by atoms with van der Waals surface area (Å²) in [5.74, 6) is 0. The molecule has 0 bridgehead atoms. The Balaban J connectivity index is 0. The van der Waals surface area contributed by atoms with Crippen LogP contribution in [0.2, 0.25) is 0 Å². The predicted octanol–water partition coefficient (Wildman–Crippen LogP) is 3.61. The number of unbranched alkanes of at least 4 members (excludes halogenated alkanes) is 1. The van der Waals surface area contributed by atoms with Crippen molar-refractivity contribution < 1.29 is 32.7 Å². The molecule has 1 radical (unpaired) electrons. The fourth-order valence-electron chi connectivity index (χ4n) is 0.832. The second-order valence-corrected chi connectivity index (χ2v) is 3.62. The summed E-state index contributed by atoms with van der Waals surface area (Å²) in [6.07, 6.45) is 5.43. The summed E-state index contributed by atoms with van der Waals surface area (Å²) in [7, 11) is 0. The Morgan fingerprint density at radius 2 is 1.60 bits per heavy atom. The van der Waals surface area contributed by atoms with Crippen molar-refractivity contribution in [2.75, 3.05) is 0 Å². The van der Waals surface area contributed by atoms with Crippen LogP contribution >= 0.6 is 0 Å². The third kappa shape index (κ3) is 7.21. The molecule has 0 aromatic heterocycles. The molecule has 0 aliphatic heterocycles. The maximum atomic E-state index is 2.35. The summed E-state index contributed by atoms with van der Waals surface area (Å²) in [4.78, 5) is 0. The van der Waals surface area contributed by atoms with Crippen molar-refractivity contribution in [1.29, 1.82) is 0 Å². The number of rotatable bonds is 4. The summed E-state index contributed by atoms with van der Waals surface area (Å²) in [5, 5.41) is 0. The number of hydrogen-bond acceptors (Lipinski definition) is 0. The maximum Gasteiger partial charge on any atom is 0 e. The molecule has 0 atom stereocenters. The SMILES string of the molecule is CCCCC(C)(C)CC.[Y]. The van der Waals surface area contributed by atoms with Gasteiger partial charge in [0.25, 0.3) is 0 Å². The quantitative estimate of drug-likeness (QED) is 0.674. The standard InChI is InChI=1S/C9H20.Y/c1-5-7-8-9(3,4)6-2;/h5-8H2,1-4H3;. The third-order valence-corrected chi connectivity index (χ3v) is 2.16. The van der Waals surface area contributed by atoms with Crippen molar-refractivity contribution in [2.45, 2.75) is 53.4 Å². The van der Waals surface area contributed by atoms with Gasteiger partial charge in [-0.1, -0.05) is 47.0 Å². The molecule has 0 spiro atoms. The van der Waals surface area contributed by atoms with Crippen LogP contribution in [0.5, 0.6) is 0 Å². The van der Waals surface area contributed by atoms with Crippen molar-refractivity contribution in [3.8, 4) is 0 Å². The summed E-state index contributed by atoms with van der Waals surface area (Å²) in [5.41, 5.74) is 0.593. The molecule has 0 aliphatic carbocycles. The molecule has 0 amide bonds. The minimum Gasteiger partial charge on any atom is -0.0654 e. The van der Waals surface area contributed by atoms with Crippen LogP contribution in [0.25, 0.3) is 0 Å². The molecule has 10 heavy (non-hydrogen) atoms. The molecule has 0 unspecified atom stereocenters. The van der Waals surface area contributed by atoms with Gasteiger partial charge in [-0.3, -0.25) is 0 Å². The molecule has 0 fully saturated rings. The van der Waals surface area contributed by atoms with Gasteiger partial charge < -0.3 is 0 Å². The van der Waals surface area contributed by atoms with E-state index in [-0.39, 0.29) is 32.7 Å². The van der Waals surface area contributed by atoms with Gasteiger partial charge in [0.15, 0.2) is 0 Å². The van der Waals surface area contributed by atoms with Gasteiger partial charge in [-0.25, -0.2) is 0 Å². The molecule has 0 saturated heterocycles. The van der Waals surface area contributed by atoms with E-state index < -0.39 is 0 Å². The van der Waals surface area contributed by atoms with Crippen LogP contribution in [0.1, 0.15) is 53.4 Å². The van der Waals surface area contributed by atoms with Gasteiger partial charge in [0, 0.05) is 32.7 Å². The van der Waals surface area contributed by atoms with E-state index in [1.165, 1.54) is 25.7 Å². The summed E-state index contributed by atoms with van der Waals surface area (Å²) in [6, 6.07) is 0. The smallest absolute Gasteiger partial charge is 0 e. The molecule has 0 aliphatic rings. The first-order chi connectivity index (χ1) is 4.12. The van der Waals surface area contributed by atoms with Crippen molar-refractivity contribution in [2.24, 2.45) is 5.41 Å². The molecule has 0 saturated carbocycles. The Morgan fingerprint density at radius 3 is 1.90 bits per heavy atom. The first-order valence-corrected chi connectivity index (χ1v) is 4.12. The predicted molar refractivity (Wildman–Crippen MR) is 43.6 cm³/mol. The Labute approximate surface area is 91.0 Å². The van der Waals surface area contributed by atoms with E-state index in [1.807, 2.05) is 0 Å². The van der Waals surface area contributed by atoms with Crippen molar-refractivity contribution in [1.82, 2.24) is 0 Å². The molecule has 0 heterocycles. The normalized spacial score (nSPS) is 10.8. The molecular weight excluding hydrogens is 197 g/mol. The zero-order valence-corrected chi connectivity index (χ0v) is 10.7. The summed E-state index contributed by atoms with van der Waals surface area (Å²) < 4.78 is 0. The monoisotopic (exact) mass is 217 g/mol. The molecular formula is C9H20Y. The van der Waals surface area contributed by atoms with Crippen LogP contribution in [0.3, 0.4) is 0 Å². The minimum absolute atomic E-state index is 0. The van der Waals surface area contributed by atoms with Crippen LogP contribution in [0.15, 0.2) is 0 Å². The fraction of sp³-hybridized carbons (Fsp3) is 1.00. The van der Waals surface area contributed by atoms with E-state index in [2.05, 4.69) is 27.7 Å². The molecule has 59 valence electrons. The first kappa shape index (κ1) is 13.7. The molecule has 0 rings (SSSR count). The van der Waals surface area contributed by atoms with Crippen LogP contribution in [0, 0.1) is 5.41 Å². The van der Waals surface area contributed by atoms with Gasteiger partial charge in [0.05, 0.1) is 0 Å². The zero-order valence-electron chi connectivity index (χ0n) is 7.91. The Hall–Kier alpha value is 1.10. The molecule has 1 heteroatoms. The van der Waals surface area contributed by atoms with Crippen molar-refractivity contribution in [3.05, 3.63) is 0 Å². The van der Waals surface area contributed by atoms with E-state index in [1.54, 1.807) is 0 Å². The average molecular weight is 217 g/mol. The Morgan fingerprint density at radius 1 is 1.10 bits per heavy atom. The Kier molecular flexibility index (Phi) is 9.29. The minimum atomic E-state index is 0. The maximum absolute atomic E-state index is 2.35. The molecule has 0 aromatic rings. The molecule has 0 N–H and O–H groups in total. The third-order valence-electron chi connectivity index (χ3n) is 2.16. The van der Waals surface area contributed by atoms with Gasteiger partial charge >= 0.3 is 0 Å². The van der Waals surface area contributed by atoms with Crippen molar-refractivity contribution >= 4 is 0 Å². The van der Waals surface area contributed by atoms with Gasteiger partial charge in [-0.15, -0.1) is 0 Å². The second-order valence-electron chi connectivity index (χ2n) is 3.62. The number of hydrogen-bond donors (Lipinski definition) is 0. The van der Waals surface area contributed by atoms with Crippen molar-refractivity contribution in [3.63, 3.8) is 0 Å². The van der Waals surface area contributed by atoms with Gasteiger partial charge in [-0.05, 0) is 11.8 Å². The van der Waals surface area contributed by atoms with Gasteiger partial charge in [0.2, 0.25) is 0 Å². The molecule has 0 nitrogen and oxygen atoms in total. The van der Waals surface area contributed by atoms with E-state index >= 15 is 0 Å². The van der Waals surface area contributed by atoms with Crippen LogP contribution in [-0.2, 0) is 32.7 Å². The van der Waals surface area contributed by atoms with Crippen LogP contribution in [-0.4, -0.2) is 0 Å². The topological polar surface area (TPSA) is 0 Å². The van der Waals surface area contributed by atoms with E-state index in [0.717, 1.165) is 0 Å². The van der Waals surface area contributed by atoms with Crippen LogP contribution < -0.4 is 0 Å². The van der Waals surface area contributed by atoms with E-state index in [9.17, 15) is 0 Å². The average Bonchev–Trinajstić information content (AvgIpc) is 1.84. The zero-order chi connectivity index (χ0) is 7.33. The van der Waals surface area contributed by atoms with Gasteiger partial charge in [-0.2, -0.15) is 0 Å². The van der Waals surface area contributed by atoms with E-state index in [0.29, 0.717) is 5.41 Å². The van der Waals surface area contributed by atoms with Gasteiger partial charge in [0.1, 0.15) is 0 Å². The molecule has 0 aromatic carbocycles. The second kappa shape index (κ2) is 6.79. The summed E-state index contributed by atoms with van der Waals surface area (Å²) >= 11 is 0. The first-order valence-electron chi connectivity index (χ1n) is 4.12. The summed E-state index contributed by atoms with van der Waals surface area (Å²) in [6.45, 7) is 9.23. The Bertz CT molecular complexity index is 67.1.